The number of aromatic amines is 1. The van der Waals surface area contributed by atoms with Crippen LogP contribution in [-0.4, -0.2) is 59.4 Å². The third kappa shape index (κ3) is 1.59. The maximum atomic E-state index is 14.0. The Morgan fingerprint density at radius 1 is 1.45 bits per heavy atom. The first kappa shape index (κ1) is 12.2. The van der Waals surface area contributed by atoms with E-state index in [1.165, 1.54) is 0 Å². The lowest BCUT2D eigenvalue weighted by Crippen LogP contribution is -2.54. The number of pyridine rings is 1. The van der Waals surface area contributed by atoms with Crippen molar-refractivity contribution in [2.75, 3.05) is 38.2 Å². The van der Waals surface area contributed by atoms with Crippen LogP contribution in [0.15, 0.2) is 0 Å². The summed E-state index contributed by atoms with van der Waals surface area (Å²) in [7, 11) is 2.07. The Hall–Kier alpha value is -1.60. The Balaban J connectivity index is 1.92. The monoisotopic (exact) mass is 297 g/mol. The average Bonchev–Trinajstić information content (AvgIpc) is 2.80. The minimum atomic E-state index is -0.583. The van der Waals surface area contributed by atoms with Gasteiger partial charge in [0.25, 0.3) is 0 Å². The molecule has 0 spiro atoms. The first-order chi connectivity index (χ1) is 9.65. The van der Waals surface area contributed by atoms with Crippen LogP contribution < -0.4 is 9.64 Å². The van der Waals surface area contributed by atoms with Gasteiger partial charge < -0.3 is 14.5 Å². The zero-order chi connectivity index (χ0) is 13.9. The highest BCUT2D eigenvalue weighted by Crippen LogP contribution is 2.38. The Labute approximate surface area is 119 Å². The molecule has 8 heteroatoms. The molecule has 2 aliphatic rings. The smallest absolute Gasteiger partial charge is 0.228 e. The van der Waals surface area contributed by atoms with Gasteiger partial charge in [0.15, 0.2) is 16.8 Å². The van der Waals surface area contributed by atoms with E-state index in [0.29, 0.717) is 23.7 Å². The van der Waals surface area contributed by atoms with Crippen molar-refractivity contribution >= 4 is 28.3 Å². The first-order valence-corrected chi connectivity index (χ1v) is 6.84. The quantitative estimate of drug-likeness (QED) is 0.742. The average molecular weight is 298 g/mol. The van der Waals surface area contributed by atoms with E-state index in [1.807, 2.05) is 0 Å². The van der Waals surface area contributed by atoms with Gasteiger partial charge in [-0.15, -0.1) is 0 Å². The fourth-order valence-corrected chi connectivity index (χ4v) is 3.08. The number of halogens is 2. The second kappa shape index (κ2) is 4.20. The summed E-state index contributed by atoms with van der Waals surface area (Å²) in [6.45, 7) is 3.13. The van der Waals surface area contributed by atoms with E-state index in [2.05, 4.69) is 32.0 Å². The predicted molar refractivity (Wildman–Crippen MR) is 73.0 cm³/mol. The van der Waals surface area contributed by atoms with Gasteiger partial charge in [-0.3, -0.25) is 5.10 Å². The predicted octanol–water partition coefficient (Wildman–Crippen LogP) is 1.26. The van der Waals surface area contributed by atoms with Crippen LogP contribution in [0.2, 0.25) is 5.15 Å². The number of hydrogen-bond acceptors (Lipinski definition) is 5. The number of anilines is 1. The van der Waals surface area contributed by atoms with Crippen LogP contribution in [0.25, 0.3) is 10.9 Å². The summed E-state index contributed by atoms with van der Waals surface area (Å²) in [6.07, 6.45) is 0. The highest BCUT2D eigenvalue weighted by Gasteiger charge is 2.34. The summed E-state index contributed by atoms with van der Waals surface area (Å²) in [4.78, 5) is 8.41. The van der Waals surface area contributed by atoms with Gasteiger partial charge in [-0.05, 0) is 7.05 Å². The summed E-state index contributed by atoms with van der Waals surface area (Å²) < 4.78 is 19.8. The molecule has 0 unspecified atom stereocenters. The van der Waals surface area contributed by atoms with Gasteiger partial charge in [0.05, 0.1) is 6.04 Å². The summed E-state index contributed by atoms with van der Waals surface area (Å²) in [5.74, 6) is 0.473. The Bertz CT molecular complexity index is 690. The lowest BCUT2D eigenvalue weighted by Gasteiger charge is -2.38. The van der Waals surface area contributed by atoms with Gasteiger partial charge in [-0.25, -0.2) is 4.39 Å². The molecule has 1 fully saturated rings. The van der Waals surface area contributed by atoms with Crippen molar-refractivity contribution in [3.8, 4) is 5.88 Å². The molecule has 2 aliphatic heterocycles. The summed E-state index contributed by atoms with van der Waals surface area (Å²) >= 11 is 5.80. The van der Waals surface area contributed by atoms with Gasteiger partial charge in [-0.1, -0.05) is 11.6 Å². The molecular weight excluding hydrogens is 285 g/mol. The zero-order valence-electron chi connectivity index (χ0n) is 10.9. The van der Waals surface area contributed by atoms with Crippen LogP contribution in [0.3, 0.4) is 0 Å². The number of rotatable bonds is 0. The standard InChI is InChI=1S/C12H13ClFN5O/c1-18-2-3-19-6(4-18)5-20-12-7-9(16-17-11(7)19)8(14)10(13)15-12/h6H,2-5H2,1H3,(H,16,17)/t6-/m0/s1. The van der Waals surface area contributed by atoms with Crippen LogP contribution in [0.4, 0.5) is 10.2 Å². The normalized spacial score (nSPS) is 22.6. The van der Waals surface area contributed by atoms with E-state index in [-0.39, 0.29) is 16.7 Å². The van der Waals surface area contributed by atoms with Gasteiger partial charge in [0.1, 0.15) is 17.5 Å². The van der Waals surface area contributed by atoms with E-state index >= 15 is 0 Å². The minimum Gasteiger partial charge on any atom is -0.475 e. The second-order valence-corrected chi connectivity index (χ2v) is 5.60. The molecule has 1 N–H and O–H groups in total. The number of H-pyrrole nitrogens is 1. The molecule has 1 atom stereocenters. The lowest BCUT2D eigenvalue weighted by molar-refractivity contribution is 0.204. The molecule has 0 saturated carbocycles. The molecule has 106 valence electrons. The molecule has 1 saturated heterocycles. The number of likely N-dealkylation sites (N-methyl/N-ethyl adjacent to an activating group) is 1. The zero-order valence-corrected chi connectivity index (χ0v) is 11.6. The molecular formula is C12H13ClFN5O. The van der Waals surface area contributed by atoms with Gasteiger partial charge in [-0.2, -0.15) is 10.1 Å². The number of ether oxygens (including phenoxy) is 1. The van der Waals surface area contributed by atoms with E-state index in [9.17, 15) is 4.39 Å². The first-order valence-electron chi connectivity index (χ1n) is 6.46. The highest BCUT2D eigenvalue weighted by molar-refractivity contribution is 6.30. The SMILES string of the molecule is CN1CCN2c3n[nH]c4c(F)c(Cl)nc(c34)OC[C@@H]2C1. The molecule has 0 aromatic carbocycles. The maximum absolute atomic E-state index is 14.0. The summed E-state index contributed by atoms with van der Waals surface area (Å²) in [6, 6.07) is 0.177. The largest absolute Gasteiger partial charge is 0.475 e. The molecule has 20 heavy (non-hydrogen) atoms. The third-order valence-electron chi connectivity index (χ3n) is 3.93. The van der Waals surface area contributed by atoms with Gasteiger partial charge in [0.2, 0.25) is 5.88 Å². The highest BCUT2D eigenvalue weighted by atomic mass is 35.5. The van der Waals surface area contributed by atoms with Crippen molar-refractivity contribution < 1.29 is 9.13 Å². The number of piperazine rings is 1. The molecule has 4 heterocycles. The van der Waals surface area contributed by atoms with E-state index < -0.39 is 5.82 Å². The van der Waals surface area contributed by atoms with Crippen molar-refractivity contribution in [3.05, 3.63) is 11.0 Å². The van der Waals surface area contributed by atoms with Crippen LogP contribution >= 0.6 is 11.6 Å². The molecule has 4 rings (SSSR count). The number of nitrogens with zero attached hydrogens (tertiary/aromatic N) is 4. The van der Waals surface area contributed by atoms with Gasteiger partial charge in [0, 0.05) is 19.6 Å². The van der Waals surface area contributed by atoms with Crippen molar-refractivity contribution in [2.24, 2.45) is 0 Å². The molecule has 6 nitrogen and oxygen atoms in total. The minimum absolute atomic E-state index is 0.177. The number of fused-ring (bicyclic) bond motifs is 2. The third-order valence-corrected chi connectivity index (χ3v) is 4.18. The Kier molecular flexibility index (Phi) is 2.55. The molecule has 0 radical (unpaired) electrons. The van der Waals surface area contributed by atoms with Crippen LogP contribution in [0, 0.1) is 5.82 Å². The van der Waals surface area contributed by atoms with Crippen molar-refractivity contribution in [1.29, 1.82) is 0 Å². The molecule has 2 aromatic heterocycles. The van der Waals surface area contributed by atoms with Crippen LogP contribution in [-0.2, 0) is 0 Å². The topological polar surface area (TPSA) is 57.3 Å². The van der Waals surface area contributed by atoms with Gasteiger partial charge >= 0.3 is 0 Å². The molecule has 0 bridgehead atoms. The Morgan fingerprint density at radius 3 is 3.15 bits per heavy atom. The fraction of sp³-hybridized carbons (Fsp3) is 0.500. The lowest BCUT2D eigenvalue weighted by atomic mass is 10.2. The van der Waals surface area contributed by atoms with Crippen molar-refractivity contribution in [1.82, 2.24) is 20.1 Å². The number of hydrogen-bond donors (Lipinski definition) is 1. The van der Waals surface area contributed by atoms with E-state index in [4.69, 9.17) is 16.3 Å². The molecule has 2 aromatic rings. The van der Waals surface area contributed by atoms with Crippen molar-refractivity contribution in [3.63, 3.8) is 0 Å². The van der Waals surface area contributed by atoms with E-state index in [1.54, 1.807) is 0 Å². The van der Waals surface area contributed by atoms with Crippen molar-refractivity contribution in [2.45, 2.75) is 6.04 Å². The summed E-state index contributed by atoms with van der Waals surface area (Å²) in [5, 5.41) is 7.36. The van der Waals surface area contributed by atoms with Crippen LogP contribution in [0.1, 0.15) is 0 Å². The molecule has 0 amide bonds. The Morgan fingerprint density at radius 2 is 2.30 bits per heavy atom. The number of aromatic nitrogens is 3. The summed E-state index contributed by atoms with van der Waals surface area (Å²) in [5.41, 5.74) is 0.259. The van der Waals surface area contributed by atoms with E-state index in [0.717, 1.165) is 19.6 Å². The maximum Gasteiger partial charge on any atom is 0.228 e. The second-order valence-electron chi connectivity index (χ2n) is 5.24. The number of nitrogens with one attached hydrogen (secondary N) is 1. The molecule has 0 aliphatic carbocycles. The fourth-order valence-electron chi connectivity index (χ4n) is 2.91. The van der Waals surface area contributed by atoms with Crippen LogP contribution in [0.5, 0.6) is 5.88 Å².